The first-order chi connectivity index (χ1) is 18.1. The molecule has 0 saturated carbocycles. The molecule has 5 aromatic rings. The third-order valence-corrected chi connectivity index (χ3v) is 6.25. The summed E-state index contributed by atoms with van der Waals surface area (Å²) >= 11 is 0. The van der Waals surface area contributed by atoms with Crippen LogP contribution in [-0.4, -0.2) is 30.1 Å². The monoisotopic (exact) mass is 487 g/mol. The second-order valence-electron chi connectivity index (χ2n) is 8.78. The van der Waals surface area contributed by atoms with Crippen LogP contribution < -0.4 is 5.32 Å². The van der Waals surface area contributed by atoms with Gasteiger partial charge in [0, 0.05) is 46.3 Å². The van der Waals surface area contributed by atoms with E-state index in [-0.39, 0.29) is 0 Å². The number of H-pyrrole nitrogens is 2. The van der Waals surface area contributed by atoms with Gasteiger partial charge < -0.3 is 10.3 Å². The quantitative estimate of drug-likeness (QED) is 0.196. The average molecular weight is 488 g/mol. The fourth-order valence-corrected chi connectivity index (χ4v) is 4.41. The molecule has 0 amide bonds. The standard InChI is InChI=1S/C30H29N7/c1-5-8-19(4)34-22(7-3)13-20(6-2)26-15-24-29(18-33-26)36-37-30(24)27-14-23-25(16-32-17-28(23)35-27)21-9-11-31-12-10-21/h6-7,9-18,34-35H,3-5,8H2,1-2H3,(H,36,37)/b20-6+,22-13+. The molecular weight excluding hydrogens is 458 g/mol. The van der Waals surface area contributed by atoms with Gasteiger partial charge in [-0.3, -0.25) is 20.1 Å². The van der Waals surface area contributed by atoms with Crippen LogP contribution in [0.25, 0.3) is 49.9 Å². The Kier molecular flexibility index (Phi) is 6.76. The highest BCUT2D eigenvalue weighted by Crippen LogP contribution is 2.33. The third-order valence-electron chi connectivity index (χ3n) is 6.25. The Labute approximate surface area is 215 Å². The van der Waals surface area contributed by atoms with Crippen LogP contribution in [0.4, 0.5) is 0 Å². The molecule has 0 spiro atoms. The third kappa shape index (κ3) is 4.84. The molecule has 0 aliphatic carbocycles. The molecule has 5 heterocycles. The molecule has 0 aliphatic rings. The number of nitrogens with zero attached hydrogens (tertiary/aromatic N) is 4. The van der Waals surface area contributed by atoms with Crippen molar-refractivity contribution >= 4 is 27.4 Å². The van der Waals surface area contributed by atoms with Crippen LogP contribution in [0.3, 0.4) is 0 Å². The van der Waals surface area contributed by atoms with Gasteiger partial charge in [-0.1, -0.05) is 32.6 Å². The van der Waals surface area contributed by atoms with Crippen LogP contribution in [0.15, 0.2) is 98.0 Å². The summed E-state index contributed by atoms with van der Waals surface area (Å²) in [6, 6.07) is 8.16. The molecule has 0 aromatic carbocycles. The van der Waals surface area contributed by atoms with Crippen molar-refractivity contribution in [2.24, 2.45) is 0 Å². The Morgan fingerprint density at radius 2 is 1.89 bits per heavy atom. The van der Waals surface area contributed by atoms with E-state index >= 15 is 0 Å². The van der Waals surface area contributed by atoms with Crippen LogP contribution >= 0.6 is 0 Å². The maximum Gasteiger partial charge on any atom is 0.116 e. The number of rotatable bonds is 9. The van der Waals surface area contributed by atoms with Crippen molar-refractivity contribution in [3.8, 4) is 22.5 Å². The molecular formula is C30H29N7. The lowest BCUT2D eigenvalue weighted by Gasteiger charge is -2.11. The van der Waals surface area contributed by atoms with Gasteiger partial charge in [0.25, 0.3) is 0 Å². The summed E-state index contributed by atoms with van der Waals surface area (Å²) in [5.74, 6) is 0. The smallest absolute Gasteiger partial charge is 0.116 e. The number of aromatic nitrogens is 6. The molecule has 0 atom stereocenters. The van der Waals surface area contributed by atoms with E-state index in [1.807, 2.05) is 49.8 Å². The van der Waals surface area contributed by atoms with Gasteiger partial charge in [0.2, 0.25) is 0 Å². The fourth-order valence-electron chi connectivity index (χ4n) is 4.41. The summed E-state index contributed by atoms with van der Waals surface area (Å²) in [7, 11) is 0. The predicted octanol–water partition coefficient (Wildman–Crippen LogP) is 6.94. The Balaban J connectivity index is 1.55. The zero-order chi connectivity index (χ0) is 25.8. The van der Waals surface area contributed by atoms with E-state index in [1.165, 1.54) is 0 Å². The van der Waals surface area contributed by atoms with Gasteiger partial charge in [0.05, 0.1) is 34.8 Å². The first kappa shape index (κ1) is 23.9. The minimum atomic E-state index is 0.827. The van der Waals surface area contributed by atoms with E-state index in [2.05, 4.69) is 67.7 Å². The lowest BCUT2D eigenvalue weighted by atomic mass is 10.0. The van der Waals surface area contributed by atoms with Crippen molar-refractivity contribution in [2.75, 3.05) is 0 Å². The van der Waals surface area contributed by atoms with E-state index in [0.717, 1.165) is 79.8 Å². The minimum Gasteiger partial charge on any atom is -0.359 e. The Morgan fingerprint density at radius 1 is 1.05 bits per heavy atom. The van der Waals surface area contributed by atoms with E-state index in [1.54, 1.807) is 18.5 Å². The largest absolute Gasteiger partial charge is 0.359 e. The summed E-state index contributed by atoms with van der Waals surface area (Å²) in [5.41, 5.74) is 9.31. The van der Waals surface area contributed by atoms with Gasteiger partial charge in [-0.05, 0) is 60.9 Å². The summed E-state index contributed by atoms with van der Waals surface area (Å²) < 4.78 is 0. The number of hydrogen-bond donors (Lipinski definition) is 3. The predicted molar refractivity (Wildman–Crippen MR) is 151 cm³/mol. The number of hydrogen-bond acceptors (Lipinski definition) is 5. The van der Waals surface area contributed by atoms with Gasteiger partial charge >= 0.3 is 0 Å². The maximum atomic E-state index is 4.69. The lowest BCUT2D eigenvalue weighted by Crippen LogP contribution is -2.10. The van der Waals surface area contributed by atoms with Crippen LogP contribution in [0.1, 0.15) is 32.4 Å². The first-order valence-corrected chi connectivity index (χ1v) is 12.3. The Hall–Kier alpha value is -4.78. The fraction of sp³-hybridized carbons (Fsp3) is 0.133. The highest BCUT2D eigenvalue weighted by Gasteiger charge is 2.15. The topological polar surface area (TPSA) is 95.2 Å². The van der Waals surface area contributed by atoms with E-state index in [0.29, 0.717) is 0 Å². The molecule has 7 nitrogen and oxygen atoms in total. The lowest BCUT2D eigenvalue weighted by molar-refractivity contribution is 0.829. The van der Waals surface area contributed by atoms with E-state index in [9.17, 15) is 0 Å². The van der Waals surface area contributed by atoms with Crippen molar-refractivity contribution in [3.63, 3.8) is 0 Å². The van der Waals surface area contributed by atoms with Crippen LogP contribution in [0.2, 0.25) is 0 Å². The number of aromatic amines is 2. The number of pyridine rings is 3. The van der Waals surface area contributed by atoms with Crippen LogP contribution in [-0.2, 0) is 0 Å². The summed E-state index contributed by atoms with van der Waals surface area (Å²) in [5, 5.41) is 13.2. The van der Waals surface area contributed by atoms with Crippen molar-refractivity contribution in [2.45, 2.75) is 26.7 Å². The second-order valence-corrected chi connectivity index (χ2v) is 8.78. The SMILES string of the molecule is C=C/C(=C\C(=C/C)c1cc2c(-c3cc4c(-c5ccncc5)cncc4[nH]3)n[nH]c2cn1)NC(=C)CCC. The zero-order valence-electron chi connectivity index (χ0n) is 21.0. The number of nitrogens with one attached hydrogen (secondary N) is 3. The molecule has 0 fully saturated rings. The van der Waals surface area contributed by atoms with Crippen LogP contribution in [0.5, 0.6) is 0 Å². The van der Waals surface area contributed by atoms with Gasteiger partial charge in [0.1, 0.15) is 5.69 Å². The molecule has 0 saturated heterocycles. The second kappa shape index (κ2) is 10.5. The Morgan fingerprint density at radius 3 is 2.65 bits per heavy atom. The normalized spacial score (nSPS) is 12.3. The van der Waals surface area contributed by atoms with E-state index in [4.69, 9.17) is 0 Å². The molecule has 3 N–H and O–H groups in total. The molecule has 0 radical (unpaired) electrons. The molecule has 5 rings (SSSR count). The highest BCUT2D eigenvalue weighted by molar-refractivity contribution is 6.01. The minimum absolute atomic E-state index is 0.827. The van der Waals surface area contributed by atoms with Crippen molar-refractivity contribution in [1.82, 2.24) is 35.5 Å². The average Bonchev–Trinajstić information content (AvgIpc) is 3.55. The van der Waals surface area contributed by atoms with Gasteiger partial charge in [0.15, 0.2) is 0 Å². The maximum absolute atomic E-state index is 4.69. The zero-order valence-corrected chi connectivity index (χ0v) is 21.0. The van der Waals surface area contributed by atoms with Crippen LogP contribution in [0, 0.1) is 0 Å². The van der Waals surface area contributed by atoms with Crippen molar-refractivity contribution in [3.05, 3.63) is 104 Å². The van der Waals surface area contributed by atoms with Crippen molar-refractivity contribution in [1.29, 1.82) is 0 Å². The number of allylic oxidation sites excluding steroid dienone is 5. The van der Waals surface area contributed by atoms with Gasteiger partial charge in [-0.25, -0.2) is 0 Å². The van der Waals surface area contributed by atoms with Gasteiger partial charge in [-0.15, -0.1) is 0 Å². The molecule has 7 heteroatoms. The highest BCUT2D eigenvalue weighted by atomic mass is 15.1. The van der Waals surface area contributed by atoms with E-state index < -0.39 is 0 Å². The first-order valence-electron chi connectivity index (χ1n) is 12.3. The molecule has 37 heavy (non-hydrogen) atoms. The summed E-state index contributed by atoms with van der Waals surface area (Å²) in [6.45, 7) is 12.2. The molecule has 0 unspecified atom stereocenters. The molecule has 0 bridgehead atoms. The molecule has 5 aromatic heterocycles. The molecule has 0 aliphatic heterocycles. The Bertz CT molecular complexity index is 1650. The molecule has 184 valence electrons. The van der Waals surface area contributed by atoms with Gasteiger partial charge in [-0.2, -0.15) is 5.10 Å². The number of fused-ring (bicyclic) bond motifs is 2. The summed E-state index contributed by atoms with van der Waals surface area (Å²) in [6.07, 6.45) is 16.9. The van der Waals surface area contributed by atoms with Crippen molar-refractivity contribution < 1.29 is 0 Å². The summed E-state index contributed by atoms with van der Waals surface area (Å²) in [4.78, 5) is 16.8.